The number of piperidine rings is 1. The third-order valence-corrected chi connectivity index (χ3v) is 9.54. The number of hydrogen-bond donors (Lipinski definition) is 4. The summed E-state index contributed by atoms with van der Waals surface area (Å²) in [6.07, 6.45) is 2.49. The molecule has 11 nitrogen and oxygen atoms in total. The Hall–Kier alpha value is -3.68. The van der Waals surface area contributed by atoms with Crippen molar-refractivity contribution in [2.45, 2.75) is 38.0 Å². The molecule has 234 valence electrons. The summed E-state index contributed by atoms with van der Waals surface area (Å²) < 4.78 is 18.1. The van der Waals surface area contributed by atoms with E-state index in [0.29, 0.717) is 66.5 Å². The molecule has 1 atom stereocenters. The van der Waals surface area contributed by atoms with Crippen LogP contribution in [0.4, 0.5) is 0 Å². The van der Waals surface area contributed by atoms with E-state index >= 15 is 0 Å². The monoisotopic (exact) mass is 622 g/mol. The maximum Gasteiger partial charge on any atom is 0.305 e. The molecule has 44 heavy (non-hydrogen) atoms. The number of morpholine rings is 1. The molecule has 1 amide bonds. The lowest BCUT2D eigenvalue weighted by atomic mass is 9.89. The molecule has 2 aliphatic rings. The Morgan fingerprint density at radius 2 is 1.95 bits per heavy atom. The van der Waals surface area contributed by atoms with Crippen molar-refractivity contribution in [2.24, 2.45) is 0 Å². The van der Waals surface area contributed by atoms with Crippen molar-refractivity contribution in [2.75, 3.05) is 52.5 Å². The molecule has 0 saturated carbocycles. The Kier molecular flexibility index (Phi) is 9.06. The summed E-state index contributed by atoms with van der Waals surface area (Å²) in [5.74, 6) is 1.46. The minimum Gasteiger partial charge on any atom is -0.506 e. The molecule has 4 N–H and O–H groups in total. The van der Waals surface area contributed by atoms with E-state index in [9.17, 15) is 19.8 Å². The summed E-state index contributed by atoms with van der Waals surface area (Å²) in [7, 11) is 0. The fourth-order valence-electron chi connectivity index (χ4n) is 6.04. The number of aromatic amines is 1. The Balaban J connectivity index is 0.912. The maximum atomic E-state index is 13.0. The van der Waals surface area contributed by atoms with Gasteiger partial charge in [0.15, 0.2) is 0 Å². The number of aliphatic hydroxyl groups is 1. The van der Waals surface area contributed by atoms with E-state index in [1.54, 1.807) is 18.4 Å². The van der Waals surface area contributed by atoms with Gasteiger partial charge < -0.3 is 39.3 Å². The molecule has 2 saturated heterocycles. The Labute approximate surface area is 259 Å². The quantitative estimate of drug-likeness (QED) is 0.210. The van der Waals surface area contributed by atoms with Gasteiger partial charge in [-0.25, -0.2) is 0 Å². The third-order valence-electron chi connectivity index (χ3n) is 8.61. The van der Waals surface area contributed by atoms with E-state index in [-0.39, 0.29) is 22.1 Å². The Morgan fingerprint density at radius 1 is 1.16 bits per heavy atom. The number of nitrogens with zero attached hydrogens (tertiary/aromatic N) is 2. The van der Waals surface area contributed by atoms with Gasteiger partial charge in [0.25, 0.3) is 5.91 Å². The predicted molar refractivity (Wildman–Crippen MR) is 166 cm³/mol. The third kappa shape index (κ3) is 6.69. The van der Waals surface area contributed by atoms with E-state index < -0.39 is 6.10 Å². The number of nitrogens with one attached hydrogen (secondary N) is 2. The molecule has 2 fully saturated rings. The van der Waals surface area contributed by atoms with Gasteiger partial charge in [0.05, 0.1) is 41.4 Å². The highest BCUT2D eigenvalue weighted by molar-refractivity contribution is 7.16. The van der Waals surface area contributed by atoms with Gasteiger partial charge in [-0.05, 0) is 49.6 Å². The normalized spacial score (nSPS) is 17.7. The van der Waals surface area contributed by atoms with Crippen LogP contribution in [0.2, 0.25) is 0 Å². The van der Waals surface area contributed by atoms with Crippen molar-refractivity contribution in [1.29, 1.82) is 0 Å². The van der Waals surface area contributed by atoms with Crippen LogP contribution in [0.15, 0.2) is 57.9 Å². The number of rotatable bonds is 10. The highest BCUT2D eigenvalue weighted by Gasteiger charge is 2.41. The number of carbonyl (C=O) groups excluding carboxylic acids is 1. The first-order chi connectivity index (χ1) is 21.3. The molecule has 1 unspecified atom stereocenters. The average Bonchev–Trinajstić information content (AvgIpc) is 3.64. The highest BCUT2D eigenvalue weighted by Crippen LogP contribution is 2.32. The number of phenolic OH excluding ortho intramolecular Hbond substituents is 1. The summed E-state index contributed by atoms with van der Waals surface area (Å²) in [4.78, 5) is 31.4. The molecule has 0 aliphatic carbocycles. The van der Waals surface area contributed by atoms with Crippen molar-refractivity contribution >= 4 is 27.5 Å². The van der Waals surface area contributed by atoms with Crippen LogP contribution >= 0.6 is 11.3 Å². The molecule has 6 rings (SSSR count). The molecule has 4 aromatic rings. The number of thiazole rings is 1. The molecule has 2 aliphatic heterocycles. The summed E-state index contributed by atoms with van der Waals surface area (Å²) in [6, 6.07) is 12.8. The summed E-state index contributed by atoms with van der Waals surface area (Å²) in [5.41, 5.74) is 2.35. The molecule has 0 bridgehead atoms. The first kappa shape index (κ1) is 30.4. The maximum absolute atomic E-state index is 13.0. The topological polar surface area (TPSA) is 140 Å². The number of ether oxygens (including phenoxy) is 2. The Bertz CT molecular complexity index is 1640. The Morgan fingerprint density at radius 3 is 2.70 bits per heavy atom. The number of aliphatic hydroxyl groups excluding tert-OH is 1. The summed E-state index contributed by atoms with van der Waals surface area (Å²) in [6.45, 7) is 7.61. The van der Waals surface area contributed by atoms with Gasteiger partial charge in [-0.15, -0.1) is 0 Å². The number of carbonyl (C=O) groups is 1. The second-order valence-electron chi connectivity index (χ2n) is 11.5. The van der Waals surface area contributed by atoms with Crippen molar-refractivity contribution in [1.82, 2.24) is 20.1 Å². The number of aryl methyl sites for hydroxylation is 1. The van der Waals surface area contributed by atoms with Gasteiger partial charge in [-0.1, -0.05) is 29.5 Å². The lowest BCUT2D eigenvalue weighted by molar-refractivity contribution is -0.127. The fourth-order valence-corrected chi connectivity index (χ4v) is 6.96. The van der Waals surface area contributed by atoms with Gasteiger partial charge in [0, 0.05) is 44.8 Å². The number of furan rings is 1. The van der Waals surface area contributed by atoms with E-state index in [4.69, 9.17) is 13.9 Å². The smallest absolute Gasteiger partial charge is 0.305 e. The van der Waals surface area contributed by atoms with E-state index in [1.165, 1.54) is 6.07 Å². The van der Waals surface area contributed by atoms with Crippen LogP contribution in [0.5, 0.6) is 11.5 Å². The lowest BCUT2D eigenvalue weighted by Crippen LogP contribution is -2.58. The van der Waals surface area contributed by atoms with Crippen molar-refractivity contribution in [3.8, 4) is 11.5 Å². The van der Waals surface area contributed by atoms with Crippen molar-refractivity contribution < 1.29 is 28.9 Å². The van der Waals surface area contributed by atoms with Crippen molar-refractivity contribution in [3.63, 3.8) is 0 Å². The zero-order chi connectivity index (χ0) is 30.7. The molecular weight excluding hydrogens is 584 g/mol. The SMILES string of the molecule is Cc1occc1C(=O)N1CCOC2(CCN(CCOc3ccc(CNCC(O)c4ccc(O)c5[nH]c(=O)sc45)cc3)CC2)C1. The number of hydrogen-bond acceptors (Lipinski definition) is 10. The van der Waals surface area contributed by atoms with Crippen molar-refractivity contribution in [3.05, 3.63) is 80.8 Å². The van der Waals surface area contributed by atoms with Crippen LogP contribution in [0.25, 0.3) is 10.2 Å². The molecule has 4 heterocycles. The number of H-pyrrole nitrogens is 1. The van der Waals surface area contributed by atoms with Gasteiger partial charge in [-0.3, -0.25) is 14.5 Å². The van der Waals surface area contributed by atoms with Gasteiger partial charge in [-0.2, -0.15) is 0 Å². The first-order valence-electron chi connectivity index (χ1n) is 15.0. The minimum atomic E-state index is -0.825. The number of benzene rings is 2. The molecular formula is C32H38N4O7S. The largest absolute Gasteiger partial charge is 0.506 e. The number of phenols is 1. The second-order valence-corrected chi connectivity index (χ2v) is 12.5. The standard InChI is InChI=1S/C32H38N4O7S/c1-21-24(8-15-41-21)30(39)36-14-17-43-32(20-36)9-11-35(12-10-32)13-16-42-23-4-2-22(3-5-23)18-33-19-27(38)25-6-7-26(37)28-29(25)44-31(40)34-28/h2-8,15,27,33,37-38H,9-14,16-20H2,1H3,(H,34,40). The molecule has 0 radical (unpaired) electrons. The van der Waals surface area contributed by atoms with Gasteiger partial charge in [0.1, 0.15) is 29.4 Å². The van der Waals surface area contributed by atoms with Crippen LogP contribution in [-0.4, -0.2) is 89.0 Å². The van der Waals surface area contributed by atoms with Crippen LogP contribution in [0, 0.1) is 6.92 Å². The zero-order valence-corrected chi connectivity index (χ0v) is 25.5. The van der Waals surface area contributed by atoms with Gasteiger partial charge >= 0.3 is 4.87 Å². The van der Waals surface area contributed by atoms with Crippen LogP contribution < -0.4 is 14.9 Å². The molecule has 2 aromatic heterocycles. The van der Waals surface area contributed by atoms with Crippen LogP contribution in [-0.2, 0) is 11.3 Å². The molecule has 2 aromatic carbocycles. The predicted octanol–water partition coefficient (Wildman–Crippen LogP) is 3.41. The van der Waals surface area contributed by atoms with Crippen LogP contribution in [0.3, 0.4) is 0 Å². The first-order valence-corrected chi connectivity index (χ1v) is 15.8. The zero-order valence-electron chi connectivity index (χ0n) is 24.7. The minimum absolute atomic E-state index is 0.00845. The fraction of sp³-hybridized carbons (Fsp3) is 0.438. The summed E-state index contributed by atoms with van der Waals surface area (Å²) in [5, 5.41) is 23.9. The number of fused-ring (bicyclic) bond motifs is 1. The van der Waals surface area contributed by atoms with E-state index in [1.807, 2.05) is 36.1 Å². The molecule has 1 spiro atoms. The number of likely N-dealkylation sites (tertiary alicyclic amines) is 1. The number of aromatic hydroxyl groups is 1. The van der Waals surface area contributed by atoms with Crippen LogP contribution in [0.1, 0.15) is 46.2 Å². The molecule has 12 heteroatoms. The number of amides is 1. The highest BCUT2D eigenvalue weighted by atomic mass is 32.1. The lowest BCUT2D eigenvalue weighted by Gasteiger charge is -2.47. The summed E-state index contributed by atoms with van der Waals surface area (Å²) >= 11 is 0.977. The number of aromatic nitrogens is 1. The average molecular weight is 623 g/mol. The van der Waals surface area contributed by atoms with E-state index in [2.05, 4.69) is 15.2 Å². The second kappa shape index (κ2) is 13.1. The van der Waals surface area contributed by atoms with E-state index in [0.717, 1.165) is 55.1 Å². The van der Waals surface area contributed by atoms with Gasteiger partial charge in [0.2, 0.25) is 0 Å².